The number of benzene rings is 1. The van der Waals surface area contributed by atoms with Crippen molar-refractivity contribution in [1.29, 1.82) is 0 Å². The standard InChI is InChI=1S/C24H24N6O4/c1-3-33-23(31)21(19-9-5-7-15-25-19)29-27-17-11-13-18(14-12-17)28-30-22(24(32)34-4-2)20-10-6-8-16-26-20/h5-16,21-22H,3-4H2,1-2H3. The van der Waals surface area contributed by atoms with Crippen LogP contribution in [0.5, 0.6) is 0 Å². The average molecular weight is 460 g/mol. The number of esters is 2. The van der Waals surface area contributed by atoms with E-state index in [-0.39, 0.29) is 13.2 Å². The number of nitrogens with zero attached hydrogens (tertiary/aromatic N) is 6. The molecule has 0 spiro atoms. The van der Waals surface area contributed by atoms with Crippen LogP contribution >= 0.6 is 0 Å². The highest BCUT2D eigenvalue weighted by molar-refractivity contribution is 5.77. The molecule has 10 nitrogen and oxygen atoms in total. The summed E-state index contributed by atoms with van der Waals surface area (Å²) >= 11 is 0. The van der Waals surface area contributed by atoms with Crippen LogP contribution in [0.1, 0.15) is 37.3 Å². The fraction of sp³-hybridized carbons (Fsp3) is 0.250. The number of rotatable bonds is 10. The molecular weight excluding hydrogens is 436 g/mol. The molecule has 0 aliphatic rings. The fourth-order valence-electron chi connectivity index (χ4n) is 2.81. The van der Waals surface area contributed by atoms with E-state index < -0.39 is 24.0 Å². The minimum Gasteiger partial charge on any atom is -0.464 e. The molecule has 0 aliphatic carbocycles. The Morgan fingerprint density at radius 2 is 1.12 bits per heavy atom. The number of hydrogen-bond acceptors (Lipinski definition) is 10. The number of hydrogen-bond donors (Lipinski definition) is 0. The van der Waals surface area contributed by atoms with E-state index in [0.717, 1.165) is 0 Å². The van der Waals surface area contributed by atoms with Gasteiger partial charge in [-0.1, -0.05) is 12.1 Å². The van der Waals surface area contributed by atoms with Crippen LogP contribution in [-0.4, -0.2) is 35.1 Å². The summed E-state index contributed by atoms with van der Waals surface area (Å²) in [5.41, 5.74) is 1.87. The summed E-state index contributed by atoms with van der Waals surface area (Å²) in [4.78, 5) is 33.0. The van der Waals surface area contributed by atoms with Gasteiger partial charge in [0.2, 0.25) is 12.1 Å². The normalized spacial score (nSPS) is 13.0. The maximum absolute atomic E-state index is 12.3. The van der Waals surface area contributed by atoms with Crippen molar-refractivity contribution in [3.8, 4) is 0 Å². The number of ether oxygens (including phenoxy) is 2. The van der Waals surface area contributed by atoms with Crippen molar-refractivity contribution < 1.29 is 19.1 Å². The van der Waals surface area contributed by atoms with E-state index in [1.54, 1.807) is 86.9 Å². The lowest BCUT2D eigenvalue weighted by atomic mass is 10.2. The number of carbonyl (C=O) groups excluding carboxylic acids is 2. The molecule has 1 aromatic carbocycles. The van der Waals surface area contributed by atoms with E-state index in [2.05, 4.69) is 30.4 Å². The molecule has 0 aliphatic heterocycles. The Hall–Kier alpha value is -4.34. The van der Waals surface area contributed by atoms with Gasteiger partial charge in [-0.2, -0.15) is 20.5 Å². The van der Waals surface area contributed by atoms with Gasteiger partial charge in [0.25, 0.3) is 0 Å². The zero-order chi connectivity index (χ0) is 24.2. The summed E-state index contributed by atoms with van der Waals surface area (Å²) < 4.78 is 10.2. The number of pyridine rings is 2. The number of azo groups is 2. The fourth-order valence-corrected chi connectivity index (χ4v) is 2.81. The Bertz CT molecular complexity index is 1030. The Balaban J connectivity index is 1.75. The van der Waals surface area contributed by atoms with E-state index in [0.29, 0.717) is 22.8 Å². The van der Waals surface area contributed by atoms with Gasteiger partial charge in [-0.05, 0) is 62.4 Å². The highest BCUT2D eigenvalue weighted by Crippen LogP contribution is 2.25. The maximum Gasteiger partial charge on any atom is 0.339 e. The summed E-state index contributed by atoms with van der Waals surface area (Å²) in [6, 6.07) is 15.1. The van der Waals surface area contributed by atoms with Crippen LogP contribution in [0.25, 0.3) is 0 Å². The van der Waals surface area contributed by atoms with Gasteiger partial charge in [0.05, 0.1) is 36.0 Å². The first-order valence-electron chi connectivity index (χ1n) is 10.7. The zero-order valence-corrected chi connectivity index (χ0v) is 18.8. The molecule has 0 saturated carbocycles. The van der Waals surface area contributed by atoms with Crippen LogP contribution in [-0.2, 0) is 19.1 Å². The number of aromatic nitrogens is 2. The average Bonchev–Trinajstić information content (AvgIpc) is 2.87. The Morgan fingerprint density at radius 1 is 0.706 bits per heavy atom. The molecule has 2 heterocycles. The minimum absolute atomic E-state index is 0.225. The zero-order valence-electron chi connectivity index (χ0n) is 18.8. The molecule has 2 aromatic heterocycles. The van der Waals surface area contributed by atoms with Gasteiger partial charge in [0.15, 0.2) is 0 Å². The first-order valence-corrected chi connectivity index (χ1v) is 10.7. The first-order chi connectivity index (χ1) is 16.6. The highest BCUT2D eigenvalue weighted by Gasteiger charge is 2.24. The van der Waals surface area contributed by atoms with Crippen molar-refractivity contribution in [3.05, 3.63) is 84.4 Å². The highest BCUT2D eigenvalue weighted by atomic mass is 16.5. The summed E-state index contributed by atoms with van der Waals surface area (Å²) in [5.74, 6) is -1.07. The first kappa shape index (κ1) is 24.3. The third-order valence-corrected chi connectivity index (χ3v) is 4.38. The molecule has 2 unspecified atom stereocenters. The van der Waals surface area contributed by atoms with Crippen LogP contribution in [0, 0.1) is 0 Å². The van der Waals surface area contributed by atoms with E-state index in [1.807, 2.05) is 0 Å². The minimum atomic E-state index is -0.968. The van der Waals surface area contributed by atoms with Gasteiger partial charge < -0.3 is 9.47 Å². The summed E-state index contributed by atoms with van der Waals surface area (Å²) in [5, 5.41) is 16.6. The number of carbonyl (C=O) groups is 2. The second-order valence-corrected chi connectivity index (χ2v) is 6.77. The SMILES string of the molecule is CCOC(=O)C(N=Nc1ccc(N=NC(C(=O)OCC)c2ccccn2)cc1)c1ccccn1. The van der Waals surface area contributed by atoms with Crippen molar-refractivity contribution >= 4 is 23.3 Å². The van der Waals surface area contributed by atoms with Crippen molar-refractivity contribution in [3.63, 3.8) is 0 Å². The molecule has 10 heteroatoms. The van der Waals surface area contributed by atoms with Gasteiger partial charge in [0, 0.05) is 12.4 Å². The molecule has 2 atom stereocenters. The van der Waals surface area contributed by atoms with Gasteiger partial charge in [-0.3, -0.25) is 9.97 Å². The van der Waals surface area contributed by atoms with E-state index in [1.165, 1.54) is 0 Å². The van der Waals surface area contributed by atoms with Crippen molar-refractivity contribution in [2.24, 2.45) is 20.5 Å². The van der Waals surface area contributed by atoms with Crippen LogP contribution < -0.4 is 0 Å². The molecule has 0 bridgehead atoms. The lowest BCUT2D eigenvalue weighted by molar-refractivity contribution is -0.145. The molecule has 0 N–H and O–H groups in total. The van der Waals surface area contributed by atoms with Crippen LogP contribution in [0.2, 0.25) is 0 Å². The van der Waals surface area contributed by atoms with Crippen LogP contribution in [0.15, 0.2) is 93.5 Å². The molecule has 0 amide bonds. The topological polar surface area (TPSA) is 128 Å². The second kappa shape index (κ2) is 12.6. The molecule has 174 valence electrons. The Labute approximate surface area is 196 Å². The second-order valence-electron chi connectivity index (χ2n) is 6.77. The Kier molecular flexibility index (Phi) is 9.03. The van der Waals surface area contributed by atoms with Crippen LogP contribution in [0.3, 0.4) is 0 Å². The van der Waals surface area contributed by atoms with E-state index in [4.69, 9.17) is 9.47 Å². The van der Waals surface area contributed by atoms with Crippen LogP contribution in [0.4, 0.5) is 11.4 Å². The molecule has 34 heavy (non-hydrogen) atoms. The lowest BCUT2D eigenvalue weighted by Crippen LogP contribution is -2.15. The third-order valence-electron chi connectivity index (χ3n) is 4.38. The van der Waals surface area contributed by atoms with Crippen molar-refractivity contribution in [2.75, 3.05) is 13.2 Å². The monoisotopic (exact) mass is 460 g/mol. The molecule has 3 aromatic rings. The summed E-state index contributed by atoms with van der Waals surface area (Å²) in [6.45, 7) is 3.89. The smallest absolute Gasteiger partial charge is 0.339 e. The maximum atomic E-state index is 12.3. The molecule has 0 fully saturated rings. The molecular formula is C24H24N6O4. The van der Waals surface area contributed by atoms with Gasteiger partial charge >= 0.3 is 11.9 Å². The van der Waals surface area contributed by atoms with Gasteiger partial charge in [-0.15, -0.1) is 0 Å². The Morgan fingerprint density at radius 3 is 1.44 bits per heavy atom. The quantitative estimate of drug-likeness (QED) is 0.300. The molecule has 0 radical (unpaired) electrons. The molecule has 0 saturated heterocycles. The van der Waals surface area contributed by atoms with Gasteiger partial charge in [0.1, 0.15) is 0 Å². The van der Waals surface area contributed by atoms with Crippen molar-refractivity contribution in [2.45, 2.75) is 25.9 Å². The van der Waals surface area contributed by atoms with Gasteiger partial charge in [-0.25, -0.2) is 9.59 Å². The lowest BCUT2D eigenvalue weighted by Gasteiger charge is -2.09. The van der Waals surface area contributed by atoms with E-state index in [9.17, 15) is 9.59 Å². The predicted molar refractivity (Wildman–Crippen MR) is 123 cm³/mol. The predicted octanol–water partition coefficient (Wildman–Crippen LogP) is 5.25. The summed E-state index contributed by atoms with van der Waals surface area (Å²) in [7, 11) is 0. The largest absolute Gasteiger partial charge is 0.464 e. The van der Waals surface area contributed by atoms with E-state index >= 15 is 0 Å². The van der Waals surface area contributed by atoms with Crippen molar-refractivity contribution in [1.82, 2.24) is 9.97 Å². The third kappa shape index (κ3) is 6.83. The summed E-state index contributed by atoms with van der Waals surface area (Å²) in [6.07, 6.45) is 3.15. The molecule has 3 rings (SSSR count).